The maximum atomic E-state index is 11.7. The fourth-order valence-electron chi connectivity index (χ4n) is 1.59. The molecule has 5 heteroatoms. The summed E-state index contributed by atoms with van der Waals surface area (Å²) in [6.07, 6.45) is 3.19. The van der Waals surface area contributed by atoms with Gasteiger partial charge >= 0.3 is 0 Å². The number of hydrogen-bond acceptors (Lipinski definition) is 2. The van der Waals surface area contributed by atoms with Crippen molar-refractivity contribution in [3.05, 3.63) is 69.8 Å². The highest BCUT2D eigenvalue weighted by atomic mass is 127. The SMILES string of the molecule is O=C(C=Cc1ccccc1)NC(=S)Nc1ccc(I)cc1. The van der Waals surface area contributed by atoms with Gasteiger partial charge in [0.2, 0.25) is 5.91 Å². The Morgan fingerprint density at radius 3 is 2.38 bits per heavy atom. The van der Waals surface area contributed by atoms with Crippen molar-refractivity contribution >= 4 is 57.6 Å². The van der Waals surface area contributed by atoms with Gasteiger partial charge in [-0.1, -0.05) is 30.3 Å². The average molecular weight is 408 g/mol. The predicted octanol–water partition coefficient (Wildman–Crippen LogP) is 3.82. The Kier molecular flexibility index (Phi) is 5.89. The molecule has 3 nitrogen and oxygen atoms in total. The van der Waals surface area contributed by atoms with Gasteiger partial charge in [-0.2, -0.15) is 0 Å². The number of halogens is 1. The van der Waals surface area contributed by atoms with E-state index in [2.05, 4.69) is 33.2 Å². The number of hydrogen-bond donors (Lipinski definition) is 2. The molecule has 0 heterocycles. The summed E-state index contributed by atoms with van der Waals surface area (Å²) in [4.78, 5) is 11.7. The fourth-order valence-corrected chi connectivity index (χ4v) is 2.16. The molecule has 0 atom stereocenters. The van der Waals surface area contributed by atoms with Crippen LogP contribution in [0.3, 0.4) is 0 Å². The zero-order chi connectivity index (χ0) is 15.1. The second kappa shape index (κ2) is 7.90. The number of nitrogens with one attached hydrogen (secondary N) is 2. The summed E-state index contributed by atoms with van der Waals surface area (Å²) >= 11 is 7.32. The highest BCUT2D eigenvalue weighted by Gasteiger charge is 2.01. The average Bonchev–Trinajstić information content (AvgIpc) is 2.48. The third-order valence-corrected chi connectivity index (χ3v) is 3.49. The van der Waals surface area contributed by atoms with Gasteiger partial charge in [-0.15, -0.1) is 0 Å². The standard InChI is InChI=1S/C16H13IN2OS/c17-13-7-9-14(10-8-13)18-16(21)19-15(20)11-6-12-4-2-1-3-5-12/h1-11H,(H2,18,19,20,21). The maximum absolute atomic E-state index is 11.7. The zero-order valence-electron chi connectivity index (χ0n) is 11.0. The lowest BCUT2D eigenvalue weighted by atomic mass is 10.2. The molecule has 1 amide bonds. The van der Waals surface area contributed by atoms with Crippen LogP contribution in [0.1, 0.15) is 5.56 Å². The molecule has 0 radical (unpaired) electrons. The molecule has 0 aliphatic rings. The van der Waals surface area contributed by atoms with E-state index < -0.39 is 0 Å². The highest BCUT2D eigenvalue weighted by Crippen LogP contribution is 2.10. The highest BCUT2D eigenvalue weighted by molar-refractivity contribution is 14.1. The van der Waals surface area contributed by atoms with Crippen molar-refractivity contribution in [1.82, 2.24) is 5.32 Å². The minimum absolute atomic E-state index is 0.262. The Balaban J connectivity index is 1.86. The third kappa shape index (κ3) is 5.65. The maximum Gasteiger partial charge on any atom is 0.250 e. The molecule has 0 unspecified atom stereocenters. The van der Waals surface area contributed by atoms with Gasteiger partial charge in [0.15, 0.2) is 5.11 Å². The molecule has 0 aliphatic carbocycles. The van der Waals surface area contributed by atoms with E-state index in [1.54, 1.807) is 6.08 Å². The van der Waals surface area contributed by atoms with Gasteiger partial charge in [-0.3, -0.25) is 10.1 Å². The van der Waals surface area contributed by atoms with Crippen molar-refractivity contribution in [2.75, 3.05) is 5.32 Å². The monoisotopic (exact) mass is 408 g/mol. The quantitative estimate of drug-likeness (QED) is 0.461. The van der Waals surface area contributed by atoms with Crippen LogP contribution in [-0.4, -0.2) is 11.0 Å². The Morgan fingerprint density at radius 2 is 1.71 bits per heavy atom. The van der Waals surface area contributed by atoms with Crippen LogP contribution in [0, 0.1) is 3.57 Å². The summed E-state index contributed by atoms with van der Waals surface area (Å²) in [5.41, 5.74) is 1.80. The smallest absolute Gasteiger partial charge is 0.250 e. The largest absolute Gasteiger partial charge is 0.332 e. The predicted molar refractivity (Wildman–Crippen MR) is 99.0 cm³/mol. The lowest BCUT2D eigenvalue weighted by Crippen LogP contribution is -2.32. The van der Waals surface area contributed by atoms with Gasteiger partial charge < -0.3 is 5.32 Å². The Bertz CT molecular complexity index is 654. The molecule has 0 fully saturated rings. The molecule has 21 heavy (non-hydrogen) atoms. The molecular weight excluding hydrogens is 395 g/mol. The van der Waals surface area contributed by atoms with Crippen LogP contribution in [0.2, 0.25) is 0 Å². The van der Waals surface area contributed by atoms with Gasteiger partial charge in [-0.05, 0) is 70.7 Å². The van der Waals surface area contributed by atoms with Gasteiger partial charge in [0.25, 0.3) is 0 Å². The molecule has 2 aromatic rings. The van der Waals surface area contributed by atoms with Crippen LogP contribution >= 0.6 is 34.8 Å². The Hall–Kier alpha value is -1.73. The first-order valence-corrected chi connectivity index (χ1v) is 7.73. The fraction of sp³-hybridized carbons (Fsp3) is 0. The molecule has 0 saturated carbocycles. The molecule has 0 spiro atoms. The number of carbonyl (C=O) groups excluding carboxylic acids is 1. The normalized spacial score (nSPS) is 10.3. The van der Waals surface area contributed by atoms with Crippen LogP contribution in [-0.2, 0) is 4.79 Å². The van der Waals surface area contributed by atoms with Crippen molar-refractivity contribution in [3.8, 4) is 0 Å². The van der Waals surface area contributed by atoms with Crippen molar-refractivity contribution in [1.29, 1.82) is 0 Å². The topological polar surface area (TPSA) is 41.1 Å². The molecule has 106 valence electrons. The summed E-state index contributed by atoms with van der Waals surface area (Å²) in [5.74, 6) is -0.262. The Morgan fingerprint density at radius 1 is 1.05 bits per heavy atom. The summed E-state index contributed by atoms with van der Waals surface area (Å²) < 4.78 is 1.14. The first-order chi connectivity index (χ1) is 10.1. The minimum Gasteiger partial charge on any atom is -0.332 e. The number of rotatable bonds is 3. The van der Waals surface area contributed by atoms with Gasteiger partial charge in [-0.25, -0.2) is 0 Å². The zero-order valence-corrected chi connectivity index (χ0v) is 14.0. The molecule has 2 N–H and O–H groups in total. The number of anilines is 1. The molecule has 0 aromatic heterocycles. The minimum atomic E-state index is -0.262. The molecular formula is C16H13IN2OS. The number of benzene rings is 2. The van der Waals surface area contributed by atoms with Gasteiger partial charge in [0.1, 0.15) is 0 Å². The number of amides is 1. The van der Waals surface area contributed by atoms with Crippen molar-refractivity contribution in [3.63, 3.8) is 0 Å². The van der Waals surface area contributed by atoms with Gasteiger partial charge in [0.05, 0.1) is 0 Å². The lowest BCUT2D eigenvalue weighted by molar-refractivity contribution is -0.115. The first-order valence-electron chi connectivity index (χ1n) is 6.24. The van der Waals surface area contributed by atoms with Crippen molar-refractivity contribution < 1.29 is 4.79 Å². The van der Waals surface area contributed by atoms with Crippen LogP contribution < -0.4 is 10.6 Å². The lowest BCUT2D eigenvalue weighted by Gasteiger charge is -2.07. The number of thiocarbonyl (C=S) groups is 1. The van der Waals surface area contributed by atoms with E-state index in [0.717, 1.165) is 14.8 Å². The van der Waals surface area contributed by atoms with Crippen molar-refractivity contribution in [2.45, 2.75) is 0 Å². The summed E-state index contributed by atoms with van der Waals surface area (Å²) in [5, 5.41) is 5.84. The first kappa shape index (κ1) is 15.7. The number of carbonyl (C=O) groups is 1. The van der Waals surface area contributed by atoms with E-state index >= 15 is 0 Å². The van der Waals surface area contributed by atoms with E-state index in [0.29, 0.717) is 0 Å². The van der Waals surface area contributed by atoms with E-state index in [9.17, 15) is 4.79 Å². The summed E-state index contributed by atoms with van der Waals surface area (Å²) in [7, 11) is 0. The van der Waals surface area contributed by atoms with Crippen molar-refractivity contribution in [2.24, 2.45) is 0 Å². The van der Waals surface area contributed by atoms with E-state index in [1.165, 1.54) is 6.08 Å². The molecule has 0 saturated heterocycles. The second-order valence-electron chi connectivity index (χ2n) is 4.19. The van der Waals surface area contributed by atoms with Crippen LogP contribution in [0.4, 0.5) is 5.69 Å². The van der Waals surface area contributed by atoms with E-state index in [4.69, 9.17) is 12.2 Å². The Labute approximate surface area is 142 Å². The van der Waals surface area contributed by atoms with Crippen LogP contribution in [0.25, 0.3) is 6.08 Å². The van der Waals surface area contributed by atoms with Crippen LogP contribution in [0.5, 0.6) is 0 Å². The molecule has 0 bridgehead atoms. The summed E-state index contributed by atoms with van der Waals surface area (Å²) in [6.45, 7) is 0. The second-order valence-corrected chi connectivity index (χ2v) is 5.85. The molecule has 2 aromatic carbocycles. The molecule has 2 rings (SSSR count). The van der Waals surface area contributed by atoms with Crippen LogP contribution in [0.15, 0.2) is 60.7 Å². The summed E-state index contributed by atoms with van der Waals surface area (Å²) in [6, 6.07) is 17.3. The van der Waals surface area contributed by atoms with Gasteiger partial charge in [0, 0.05) is 15.3 Å². The molecule has 0 aliphatic heterocycles. The third-order valence-electron chi connectivity index (χ3n) is 2.57. The van der Waals surface area contributed by atoms with E-state index in [1.807, 2.05) is 54.6 Å². The van der Waals surface area contributed by atoms with E-state index in [-0.39, 0.29) is 11.0 Å².